The van der Waals surface area contributed by atoms with Gasteiger partial charge in [-0.25, -0.2) is 0 Å². The Morgan fingerprint density at radius 3 is 2.27 bits per heavy atom. The van der Waals surface area contributed by atoms with Gasteiger partial charge in [-0.3, -0.25) is 14.2 Å². The van der Waals surface area contributed by atoms with Crippen LogP contribution in [0.2, 0.25) is 5.02 Å². The molecule has 5 aromatic rings. The van der Waals surface area contributed by atoms with Crippen LogP contribution in [0.25, 0.3) is 23.2 Å². The number of amides is 1. The SMILES string of the molecule is O=C(CSc1nnc(-c2ccc(Br)cc2)n1-c1ccccc1)Nc1ccc(C(=O)/C=C/c2ccc(Cl)cc2)cc1. The lowest BCUT2D eigenvalue weighted by Crippen LogP contribution is -2.14. The fourth-order valence-electron chi connectivity index (χ4n) is 3.85. The van der Waals surface area contributed by atoms with Crippen LogP contribution in [0.3, 0.4) is 0 Å². The normalized spacial score (nSPS) is 11.1. The van der Waals surface area contributed by atoms with E-state index in [1.807, 2.05) is 71.3 Å². The summed E-state index contributed by atoms with van der Waals surface area (Å²) in [5.41, 5.74) is 3.82. The monoisotopic (exact) mass is 628 g/mol. The van der Waals surface area contributed by atoms with Crippen LogP contribution in [0.4, 0.5) is 5.69 Å². The van der Waals surface area contributed by atoms with Crippen LogP contribution in [-0.4, -0.2) is 32.2 Å². The maximum Gasteiger partial charge on any atom is 0.234 e. The van der Waals surface area contributed by atoms with Crippen molar-refractivity contribution in [2.75, 3.05) is 11.1 Å². The molecule has 5 rings (SSSR count). The van der Waals surface area contributed by atoms with Crippen LogP contribution in [0.15, 0.2) is 119 Å². The number of halogens is 2. The van der Waals surface area contributed by atoms with Crippen molar-refractivity contribution >= 4 is 62.7 Å². The van der Waals surface area contributed by atoms with Gasteiger partial charge in [0, 0.05) is 32.0 Å². The molecule has 0 saturated carbocycles. The van der Waals surface area contributed by atoms with Gasteiger partial charge in [0.1, 0.15) is 0 Å². The van der Waals surface area contributed by atoms with Gasteiger partial charge < -0.3 is 5.32 Å². The zero-order chi connectivity index (χ0) is 27.9. The van der Waals surface area contributed by atoms with Crippen LogP contribution >= 0.6 is 39.3 Å². The predicted octanol–water partition coefficient (Wildman–Crippen LogP) is 7.98. The highest BCUT2D eigenvalue weighted by Crippen LogP contribution is 2.29. The lowest BCUT2D eigenvalue weighted by Gasteiger charge is -2.10. The molecule has 0 unspecified atom stereocenters. The maximum atomic E-state index is 12.8. The molecule has 0 saturated heterocycles. The topological polar surface area (TPSA) is 76.9 Å². The number of carbonyl (C=O) groups is 2. The number of ketones is 1. The van der Waals surface area contributed by atoms with Crippen LogP contribution in [0.1, 0.15) is 15.9 Å². The summed E-state index contributed by atoms with van der Waals surface area (Å²) < 4.78 is 2.92. The summed E-state index contributed by atoms with van der Waals surface area (Å²) in [6, 6.07) is 31.7. The molecule has 9 heteroatoms. The molecule has 0 aliphatic rings. The van der Waals surface area contributed by atoms with Crippen molar-refractivity contribution in [3.8, 4) is 17.1 Å². The Morgan fingerprint density at radius 1 is 0.875 bits per heavy atom. The zero-order valence-electron chi connectivity index (χ0n) is 21.0. The maximum absolute atomic E-state index is 12.8. The lowest BCUT2D eigenvalue weighted by molar-refractivity contribution is -0.113. The number of para-hydroxylation sites is 1. The van der Waals surface area contributed by atoms with E-state index in [-0.39, 0.29) is 17.4 Å². The summed E-state index contributed by atoms with van der Waals surface area (Å²) in [6.07, 6.45) is 3.25. The Morgan fingerprint density at radius 2 is 1.57 bits per heavy atom. The Bertz CT molecular complexity index is 1650. The number of benzene rings is 4. The molecule has 1 amide bonds. The molecule has 4 aromatic carbocycles. The molecule has 1 heterocycles. The molecular formula is C31H22BrClN4O2S. The van der Waals surface area contributed by atoms with Gasteiger partial charge in [-0.15, -0.1) is 10.2 Å². The molecule has 1 aromatic heterocycles. The summed E-state index contributed by atoms with van der Waals surface area (Å²) in [5, 5.41) is 12.9. The van der Waals surface area contributed by atoms with E-state index in [0.717, 1.165) is 21.3 Å². The van der Waals surface area contributed by atoms with Crippen molar-refractivity contribution in [3.05, 3.63) is 130 Å². The van der Waals surface area contributed by atoms with Crippen LogP contribution < -0.4 is 5.32 Å². The van der Waals surface area contributed by atoms with Crippen LogP contribution in [0, 0.1) is 0 Å². The Balaban J connectivity index is 1.24. The van der Waals surface area contributed by atoms with Crippen molar-refractivity contribution in [3.63, 3.8) is 0 Å². The number of aromatic nitrogens is 3. The van der Waals surface area contributed by atoms with Crippen LogP contribution in [-0.2, 0) is 4.79 Å². The van der Waals surface area contributed by atoms with E-state index in [0.29, 0.717) is 27.3 Å². The van der Waals surface area contributed by atoms with E-state index >= 15 is 0 Å². The third-order valence-corrected chi connectivity index (χ3v) is 7.54. The molecule has 0 atom stereocenters. The van der Waals surface area contributed by atoms with Gasteiger partial charge in [-0.05, 0) is 72.3 Å². The first-order valence-corrected chi connectivity index (χ1v) is 14.4. The minimum absolute atomic E-state index is 0.134. The summed E-state index contributed by atoms with van der Waals surface area (Å²) in [5.74, 6) is 0.493. The largest absolute Gasteiger partial charge is 0.325 e. The van der Waals surface area contributed by atoms with Gasteiger partial charge in [0.05, 0.1) is 5.75 Å². The summed E-state index contributed by atoms with van der Waals surface area (Å²) in [7, 11) is 0. The number of rotatable bonds is 9. The van der Waals surface area contributed by atoms with E-state index in [1.165, 1.54) is 17.8 Å². The molecule has 198 valence electrons. The van der Waals surface area contributed by atoms with Crippen molar-refractivity contribution in [2.45, 2.75) is 5.16 Å². The van der Waals surface area contributed by atoms with E-state index in [9.17, 15) is 9.59 Å². The standard InChI is InChI=1S/C31H22BrClN4O2S/c32-24-13-9-23(10-14-24)30-35-36-31(37(30)27-4-2-1-3-5-27)40-20-29(39)34-26-17-11-22(12-18-26)28(38)19-8-21-6-15-25(33)16-7-21/h1-19H,20H2,(H,34,39)/b19-8+. The fourth-order valence-corrected chi connectivity index (χ4v) is 4.99. The van der Waals surface area contributed by atoms with Gasteiger partial charge in [-0.2, -0.15) is 0 Å². The number of nitrogens with one attached hydrogen (secondary N) is 1. The van der Waals surface area contributed by atoms with Crippen molar-refractivity contribution in [1.29, 1.82) is 0 Å². The van der Waals surface area contributed by atoms with E-state index < -0.39 is 0 Å². The van der Waals surface area contributed by atoms with E-state index in [2.05, 4.69) is 31.4 Å². The van der Waals surface area contributed by atoms with Gasteiger partial charge >= 0.3 is 0 Å². The summed E-state index contributed by atoms with van der Waals surface area (Å²) in [4.78, 5) is 25.3. The fraction of sp³-hybridized carbons (Fsp3) is 0.0323. The van der Waals surface area contributed by atoms with Crippen molar-refractivity contribution < 1.29 is 9.59 Å². The average molecular weight is 630 g/mol. The number of allylic oxidation sites excluding steroid dienone is 1. The Kier molecular flexibility index (Phi) is 8.91. The lowest BCUT2D eigenvalue weighted by atomic mass is 10.1. The molecule has 0 fully saturated rings. The molecule has 0 spiro atoms. The van der Waals surface area contributed by atoms with Crippen molar-refractivity contribution in [2.24, 2.45) is 0 Å². The Labute approximate surface area is 249 Å². The smallest absolute Gasteiger partial charge is 0.234 e. The molecule has 6 nitrogen and oxygen atoms in total. The van der Waals surface area contributed by atoms with Gasteiger partial charge in [0.2, 0.25) is 5.91 Å². The highest BCUT2D eigenvalue weighted by atomic mass is 79.9. The van der Waals surface area contributed by atoms with Crippen LogP contribution in [0.5, 0.6) is 0 Å². The Hall–Kier alpha value is -3.98. The first kappa shape index (κ1) is 27.6. The third-order valence-electron chi connectivity index (χ3n) is 5.83. The third kappa shape index (κ3) is 6.96. The highest BCUT2D eigenvalue weighted by molar-refractivity contribution is 9.10. The average Bonchev–Trinajstić information content (AvgIpc) is 3.41. The molecule has 0 bridgehead atoms. The molecule has 0 aliphatic heterocycles. The molecule has 1 N–H and O–H groups in total. The summed E-state index contributed by atoms with van der Waals surface area (Å²) >= 11 is 10.7. The zero-order valence-corrected chi connectivity index (χ0v) is 24.2. The van der Waals surface area contributed by atoms with Crippen molar-refractivity contribution in [1.82, 2.24) is 14.8 Å². The predicted molar refractivity (Wildman–Crippen MR) is 165 cm³/mol. The van der Waals surface area contributed by atoms with E-state index in [1.54, 1.807) is 42.5 Å². The molecule has 0 radical (unpaired) electrons. The molecular weight excluding hydrogens is 608 g/mol. The quantitative estimate of drug-likeness (QED) is 0.102. The number of carbonyl (C=O) groups excluding carboxylic acids is 2. The number of hydrogen-bond donors (Lipinski definition) is 1. The second-order valence-electron chi connectivity index (χ2n) is 8.65. The second kappa shape index (κ2) is 12.9. The highest BCUT2D eigenvalue weighted by Gasteiger charge is 2.17. The minimum Gasteiger partial charge on any atom is -0.325 e. The first-order chi connectivity index (χ1) is 19.5. The number of nitrogens with zero attached hydrogens (tertiary/aromatic N) is 3. The van der Waals surface area contributed by atoms with E-state index in [4.69, 9.17) is 11.6 Å². The number of thioether (sulfide) groups is 1. The first-order valence-electron chi connectivity index (χ1n) is 12.2. The van der Waals surface area contributed by atoms with Gasteiger partial charge in [0.15, 0.2) is 16.8 Å². The van der Waals surface area contributed by atoms with Gasteiger partial charge in [-0.1, -0.05) is 87.8 Å². The minimum atomic E-state index is -0.195. The molecule has 40 heavy (non-hydrogen) atoms. The molecule has 0 aliphatic carbocycles. The second-order valence-corrected chi connectivity index (χ2v) is 10.9. The number of hydrogen-bond acceptors (Lipinski definition) is 5. The van der Waals surface area contributed by atoms with Gasteiger partial charge in [0.25, 0.3) is 0 Å². The number of anilines is 1. The summed E-state index contributed by atoms with van der Waals surface area (Å²) in [6.45, 7) is 0.